The third-order valence-corrected chi connectivity index (χ3v) is 12.7. The normalized spacial score (nSPS) is 17.2. The second-order valence-electron chi connectivity index (χ2n) is 16.0. The Labute approximate surface area is 335 Å². The highest BCUT2D eigenvalue weighted by Gasteiger charge is 2.44. The zero-order valence-electron chi connectivity index (χ0n) is 32.1. The number of hydrogen-bond acceptors (Lipinski definition) is 9. The summed E-state index contributed by atoms with van der Waals surface area (Å²) in [6, 6.07) is 31.1. The minimum Gasteiger partial charge on any atom is -0.519 e. The molecule has 0 bridgehead atoms. The maximum Gasteiger partial charge on any atom is 0.632 e. The third kappa shape index (κ3) is 6.27. The molecule has 0 aliphatic carbocycles. The maximum absolute atomic E-state index is 14.0. The van der Waals surface area contributed by atoms with Crippen molar-refractivity contribution >= 4 is 46.1 Å². The highest BCUT2D eigenvalue weighted by Crippen LogP contribution is 2.46. The van der Waals surface area contributed by atoms with Crippen molar-refractivity contribution in [1.82, 2.24) is 9.80 Å². The smallest absolute Gasteiger partial charge is 0.519 e. The van der Waals surface area contributed by atoms with Crippen LogP contribution in [0.15, 0.2) is 106 Å². The molecular weight excluding hydrogens is 731 g/mol. The number of likely N-dealkylation sites (tertiary alicyclic amines) is 2. The minimum absolute atomic E-state index is 0.00517. The molecule has 10 rings (SSSR count). The zero-order valence-corrected chi connectivity index (χ0v) is 32.1. The largest absolute Gasteiger partial charge is 0.632 e. The Kier molecular flexibility index (Phi) is 8.98. The van der Waals surface area contributed by atoms with E-state index in [0.717, 1.165) is 58.8 Å². The molecule has 292 valence electrons. The highest BCUT2D eigenvalue weighted by molar-refractivity contribution is 6.64. The van der Waals surface area contributed by atoms with Gasteiger partial charge in [0.25, 0.3) is 11.8 Å². The van der Waals surface area contributed by atoms with Gasteiger partial charge in [-0.2, -0.15) is 0 Å². The Morgan fingerprint density at radius 3 is 2.22 bits per heavy atom. The number of nitrogens with two attached hydrogens (primary N) is 2. The molecule has 4 aliphatic rings. The lowest BCUT2D eigenvalue weighted by Gasteiger charge is -2.38. The Morgan fingerprint density at radius 2 is 1.43 bits per heavy atom. The van der Waals surface area contributed by atoms with Crippen molar-refractivity contribution in [3.63, 3.8) is 0 Å². The van der Waals surface area contributed by atoms with Gasteiger partial charge in [-0.1, -0.05) is 66.7 Å². The van der Waals surface area contributed by atoms with Crippen LogP contribution >= 0.6 is 0 Å². The van der Waals surface area contributed by atoms with Crippen molar-refractivity contribution < 1.29 is 28.1 Å². The number of fused-ring (bicyclic) bond motifs is 5. The molecule has 5 aromatic carbocycles. The van der Waals surface area contributed by atoms with Gasteiger partial charge in [-0.15, -0.1) is 0 Å². The molecule has 0 saturated carbocycles. The van der Waals surface area contributed by atoms with Gasteiger partial charge in [-0.25, -0.2) is 4.79 Å². The van der Waals surface area contributed by atoms with E-state index in [2.05, 4.69) is 18.2 Å². The standard InChI is InChI=1S/C46H43BN4O7/c48-25-28-3-1-4-31(19-28)30-11-15-50(16-12-30)44(53)37-22-33-23-41-42(24-40(33)56-45(37)54)58-47(57-41)34-8-9-35-32(21-34)5-2-6-36(35)43(52)51-17-13-46(14-18-51)27-55-39-10-7-29(26-49)20-38(39)46/h1-10,19-24,30H,11-18,25-27,48-49H2. The van der Waals surface area contributed by atoms with Crippen molar-refractivity contribution in [2.75, 3.05) is 32.8 Å². The molecule has 11 nitrogen and oxygen atoms in total. The Morgan fingerprint density at radius 1 is 0.707 bits per heavy atom. The first kappa shape index (κ1) is 36.3. The molecule has 1 aromatic heterocycles. The molecule has 5 heterocycles. The Hall–Kier alpha value is -6.11. The number of carbonyl (C=O) groups excluding carboxylic acids is 2. The topological polar surface area (TPSA) is 151 Å². The molecule has 1 spiro atoms. The van der Waals surface area contributed by atoms with Crippen LogP contribution in [0.25, 0.3) is 21.7 Å². The van der Waals surface area contributed by atoms with Gasteiger partial charge in [0.1, 0.15) is 28.4 Å². The van der Waals surface area contributed by atoms with Gasteiger partial charge >= 0.3 is 12.7 Å². The van der Waals surface area contributed by atoms with Crippen LogP contribution in [0.1, 0.15) is 74.6 Å². The summed E-state index contributed by atoms with van der Waals surface area (Å²) >= 11 is 0. The van der Waals surface area contributed by atoms with Crippen LogP contribution in [0, 0.1) is 0 Å². The fraction of sp³-hybridized carbons (Fsp3) is 0.283. The van der Waals surface area contributed by atoms with E-state index < -0.39 is 12.7 Å². The summed E-state index contributed by atoms with van der Waals surface area (Å²) in [5, 5.41) is 2.30. The number of hydrogen-bond donors (Lipinski definition) is 2. The van der Waals surface area contributed by atoms with Crippen LogP contribution in [0.3, 0.4) is 0 Å². The van der Waals surface area contributed by atoms with Crippen molar-refractivity contribution in [1.29, 1.82) is 0 Å². The van der Waals surface area contributed by atoms with Gasteiger partial charge in [-0.3, -0.25) is 9.59 Å². The summed E-state index contributed by atoms with van der Waals surface area (Å²) in [5.74, 6) is 1.83. The minimum atomic E-state index is -0.759. The number of piperidine rings is 2. The fourth-order valence-electron chi connectivity index (χ4n) is 9.31. The second kappa shape index (κ2) is 14.4. The van der Waals surface area contributed by atoms with E-state index in [1.807, 2.05) is 65.6 Å². The van der Waals surface area contributed by atoms with E-state index >= 15 is 0 Å². The molecule has 0 unspecified atom stereocenters. The van der Waals surface area contributed by atoms with Crippen molar-refractivity contribution in [3.05, 3.63) is 141 Å². The predicted molar refractivity (Wildman–Crippen MR) is 222 cm³/mol. The van der Waals surface area contributed by atoms with Gasteiger partial charge in [0.05, 0.1) is 6.61 Å². The molecular formula is C46H43BN4O7. The summed E-state index contributed by atoms with van der Waals surface area (Å²) in [6.07, 6.45) is 3.25. The average Bonchev–Trinajstić information content (AvgIpc) is 3.85. The van der Waals surface area contributed by atoms with Crippen molar-refractivity contribution in [2.45, 2.75) is 50.1 Å². The van der Waals surface area contributed by atoms with Crippen LogP contribution in [0.4, 0.5) is 0 Å². The summed E-state index contributed by atoms with van der Waals surface area (Å²) in [6.45, 7) is 3.96. The van der Waals surface area contributed by atoms with Gasteiger partial charge < -0.3 is 39.7 Å². The van der Waals surface area contributed by atoms with E-state index in [1.54, 1.807) is 23.1 Å². The third-order valence-electron chi connectivity index (χ3n) is 12.7. The first-order chi connectivity index (χ1) is 28.3. The molecule has 0 radical (unpaired) electrons. The fourth-order valence-corrected chi connectivity index (χ4v) is 9.31. The van der Waals surface area contributed by atoms with E-state index in [9.17, 15) is 14.4 Å². The van der Waals surface area contributed by atoms with Crippen LogP contribution < -0.4 is 36.6 Å². The molecule has 6 aromatic rings. The number of rotatable bonds is 6. The molecule has 0 atom stereocenters. The summed E-state index contributed by atoms with van der Waals surface area (Å²) in [7, 11) is -0.759. The zero-order chi connectivity index (χ0) is 39.5. The lowest BCUT2D eigenvalue weighted by molar-refractivity contribution is 0.0647. The Bertz CT molecular complexity index is 2680. The summed E-state index contributed by atoms with van der Waals surface area (Å²) in [4.78, 5) is 44.5. The lowest BCUT2D eigenvalue weighted by atomic mass is 9.74. The van der Waals surface area contributed by atoms with Gasteiger partial charge in [0.2, 0.25) is 0 Å². The Balaban J connectivity index is 0.825. The highest BCUT2D eigenvalue weighted by atomic mass is 16.6. The molecule has 12 heteroatoms. The van der Waals surface area contributed by atoms with Crippen LogP contribution in [-0.2, 0) is 18.5 Å². The molecule has 2 fully saturated rings. The molecule has 2 saturated heterocycles. The molecule has 58 heavy (non-hydrogen) atoms. The van der Waals surface area contributed by atoms with Gasteiger partial charge in [-0.05, 0) is 83.3 Å². The van der Waals surface area contributed by atoms with Crippen molar-refractivity contribution in [3.8, 4) is 17.2 Å². The molecule has 4 aliphatic heterocycles. The quantitative estimate of drug-likeness (QED) is 0.163. The second-order valence-corrected chi connectivity index (χ2v) is 16.0. The SMILES string of the molecule is NCc1cccc(C2CCN(C(=O)c3cc4cc5c(cc4oc3=O)OB(c3ccc4c(C(=O)N6CCC7(CC6)COc6ccc(CN)cc67)cccc4c3)O5)CC2)c1. The summed E-state index contributed by atoms with van der Waals surface area (Å²) in [5.41, 5.74) is 17.3. The number of carbonyl (C=O) groups is 2. The van der Waals surface area contributed by atoms with Crippen LogP contribution in [-0.4, -0.2) is 61.5 Å². The lowest BCUT2D eigenvalue weighted by Crippen LogP contribution is -2.46. The van der Waals surface area contributed by atoms with E-state index in [-0.39, 0.29) is 22.8 Å². The van der Waals surface area contributed by atoms with Gasteiger partial charge in [0, 0.05) is 72.7 Å². The number of ether oxygens (including phenoxy) is 1. The van der Waals surface area contributed by atoms with Crippen molar-refractivity contribution in [2.24, 2.45) is 11.5 Å². The van der Waals surface area contributed by atoms with E-state index in [4.69, 9.17) is 29.9 Å². The van der Waals surface area contributed by atoms with Crippen LogP contribution in [0.2, 0.25) is 0 Å². The predicted octanol–water partition coefficient (Wildman–Crippen LogP) is 5.62. The average molecular weight is 775 g/mol. The number of benzene rings is 5. The first-order valence-corrected chi connectivity index (χ1v) is 20.1. The van der Waals surface area contributed by atoms with Gasteiger partial charge in [0.15, 0.2) is 0 Å². The molecule has 4 N–H and O–H groups in total. The van der Waals surface area contributed by atoms with Crippen LogP contribution in [0.5, 0.6) is 17.2 Å². The first-order valence-electron chi connectivity index (χ1n) is 20.1. The molecule has 2 amide bonds. The van der Waals surface area contributed by atoms with E-state index in [0.29, 0.717) is 79.8 Å². The monoisotopic (exact) mass is 774 g/mol. The maximum atomic E-state index is 14.0. The van der Waals surface area contributed by atoms with E-state index in [1.165, 1.54) is 11.1 Å². The number of nitrogens with zero attached hydrogens (tertiary/aromatic N) is 2. The number of amides is 2. The summed E-state index contributed by atoms with van der Waals surface area (Å²) < 4.78 is 24.3.